The Balaban J connectivity index is 2.12. The maximum Gasteiger partial charge on any atom is 0.166 e. The molecule has 8 nitrogen and oxygen atoms in total. The van der Waals surface area contributed by atoms with Gasteiger partial charge in [0.1, 0.15) is 11.7 Å². The van der Waals surface area contributed by atoms with Crippen LogP contribution in [0.2, 0.25) is 0 Å². The van der Waals surface area contributed by atoms with E-state index in [1.54, 1.807) is 6.92 Å². The zero-order valence-corrected chi connectivity index (χ0v) is 21.2. The lowest BCUT2D eigenvalue weighted by Gasteiger charge is -2.48. The van der Waals surface area contributed by atoms with Gasteiger partial charge in [-0.2, -0.15) is 0 Å². The second-order valence-electron chi connectivity index (χ2n) is 10.6. The molecule has 0 aromatic heterocycles. The molecule has 192 valence electrons. The van der Waals surface area contributed by atoms with E-state index in [0.717, 1.165) is 5.57 Å². The number of ketones is 1. The molecule has 0 aliphatic carbocycles. The molecule has 0 bridgehead atoms. The fourth-order valence-electron chi connectivity index (χ4n) is 4.95. The van der Waals surface area contributed by atoms with E-state index in [2.05, 4.69) is 6.58 Å². The minimum atomic E-state index is -1.34. The van der Waals surface area contributed by atoms with Crippen molar-refractivity contribution in [1.82, 2.24) is 0 Å². The first kappa shape index (κ1) is 28.4. The topological polar surface area (TPSA) is 115 Å². The SMILES string of the molecule is C=C1C[C@](C)([C@H](O)C(=O)CC(OC)[C@@H]2C[C@@H](O)C(C)(C)[C@@H](C[C@@H](CO)OC)O2)O[C@H](C)[C@@H]1C. The highest BCUT2D eigenvalue weighted by molar-refractivity contribution is 5.84. The molecule has 0 radical (unpaired) electrons. The second-order valence-corrected chi connectivity index (χ2v) is 10.6. The van der Waals surface area contributed by atoms with Crippen molar-refractivity contribution < 1.29 is 39.1 Å². The molecule has 1 unspecified atom stereocenters. The predicted molar refractivity (Wildman–Crippen MR) is 124 cm³/mol. The number of hydrogen-bond acceptors (Lipinski definition) is 8. The summed E-state index contributed by atoms with van der Waals surface area (Å²) in [5, 5.41) is 31.3. The minimum absolute atomic E-state index is 0.0781. The Labute approximate surface area is 198 Å². The van der Waals surface area contributed by atoms with Gasteiger partial charge in [-0.15, -0.1) is 0 Å². The Morgan fingerprint density at radius 2 is 1.88 bits per heavy atom. The fraction of sp³-hybridized carbons (Fsp3) is 0.880. The van der Waals surface area contributed by atoms with Crippen molar-refractivity contribution in [3.05, 3.63) is 12.2 Å². The Bertz CT molecular complexity index is 675. The lowest BCUT2D eigenvalue weighted by molar-refractivity contribution is -0.214. The molecule has 0 aromatic rings. The van der Waals surface area contributed by atoms with E-state index < -0.39 is 53.4 Å². The third-order valence-corrected chi connectivity index (χ3v) is 7.88. The number of aliphatic hydroxyl groups is 3. The Hall–Kier alpha value is -0.870. The van der Waals surface area contributed by atoms with Crippen LogP contribution in [0.5, 0.6) is 0 Å². The molecule has 2 saturated heterocycles. The fourth-order valence-corrected chi connectivity index (χ4v) is 4.95. The molecule has 0 spiro atoms. The van der Waals surface area contributed by atoms with Gasteiger partial charge in [-0.1, -0.05) is 32.9 Å². The van der Waals surface area contributed by atoms with Gasteiger partial charge in [0.25, 0.3) is 0 Å². The summed E-state index contributed by atoms with van der Waals surface area (Å²) in [6.45, 7) is 13.4. The summed E-state index contributed by atoms with van der Waals surface area (Å²) >= 11 is 0. The second kappa shape index (κ2) is 11.2. The van der Waals surface area contributed by atoms with Gasteiger partial charge in [0, 0.05) is 51.2 Å². The number of carbonyl (C=O) groups is 1. The summed E-state index contributed by atoms with van der Waals surface area (Å²) < 4.78 is 23.3. The van der Waals surface area contributed by atoms with Crippen molar-refractivity contribution in [2.24, 2.45) is 11.3 Å². The Kier molecular flexibility index (Phi) is 9.67. The molecular formula is C25H44O8. The van der Waals surface area contributed by atoms with Crippen LogP contribution in [0.3, 0.4) is 0 Å². The van der Waals surface area contributed by atoms with Crippen LogP contribution in [0.1, 0.15) is 60.3 Å². The molecule has 2 fully saturated rings. The molecule has 2 aliphatic heterocycles. The minimum Gasteiger partial charge on any atom is -0.394 e. The molecule has 9 atom stereocenters. The van der Waals surface area contributed by atoms with Gasteiger partial charge < -0.3 is 34.3 Å². The lowest BCUT2D eigenvalue weighted by atomic mass is 9.73. The zero-order valence-electron chi connectivity index (χ0n) is 21.2. The van der Waals surface area contributed by atoms with E-state index in [0.29, 0.717) is 19.3 Å². The van der Waals surface area contributed by atoms with Crippen molar-refractivity contribution >= 4 is 5.78 Å². The maximum atomic E-state index is 13.1. The van der Waals surface area contributed by atoms with Gasteiger partial charge in [-0.05, 0) is 13.8 Å². The Morgan fingerprint density at radius 1 is 1.24 bits per heavy atom. The van der Waals surface area contributed by atoms with Crippen LogP contribution >= 0.6 is 0 Å². The zero-order chi connectivity index (χ0) is 25.1. The summed E-state index contributed by atoms with van der Waals surface area (Å²) in [5.74, 6) is -0.247. The molecule has 2 aliphatic rings. The number of methoxy groups -OCH3 is 2. The summed E-state index contributed by atoms with van der Waals surface area (Å²) in [5.41, 5.74) is -0.671. The van der Waals surface area contributed by atoms with Gasteiger partial charge >= 0.3 is 0 Å². The van der Waals surface area contributed by atoms with Gasteiger partial charge in [-0.25, -0.2) is 0 Å². The molecule has 0 aromatic carbocycles. The van der Waals surface area contributed by atoms with E-state index in [-0.39, 0.29) is 25.0 Å². The number of carbonyl (C=O) groups excluding carboxylic acids is 1. The van der Waals surface area contributed by atoms with Crippen LogP contribution in [0, 0.1) is 11.3 Å². The van der Waals surface area contributed by atoms with Crippen LogP contribution in [-0.2, 0) is 23.7 Å². The molecular weight excluding hydrogens is 428 g/mol. The van der Waals surface area contributed by atoms with E-state index in [4.69, 9.17) is 18.9 Å². The van der Waals surface area contributed by atoms with Crippen LogP contribution in [0.4, 0.5) is 0 Å². The van der Waals surface area contributed by atoms with E-state index in [1.807, 2.05) is 27.7 Å². The van der Waals surface area contributed by atoms with Crippen molar-refractivity contribution in [3.63, 3.8) is 0 Å². The summed E-state index contributed by atoms with van der Waals surface area (Å²) in [4.78, 5) is 13.1. The standard InChI is InChI=1S/C25H44O8/c1-14-12-25(6,33-16(3)15(14)2)23(29)18(27)10-19(31-8)20-11-21(28)24(4,5)22(32-20)9-17(13-26)30-7/h15-17,19-23,26,28-29H,1,9-13H2,2-8H3/t15-,16-,17+,19?,20+,21-,22-,23-,25-/m1/s1. The third-order valence-electron chi connectivity index (χ3n) is 7.88. The van der Waals surface area contributed by atoms with Crippen LogP contribution in [-0.4, -0.2) is 90.3 Å². The highest BCUT2D eigenvalue weighted by atomic mass is 16.6. The number of rotatable bonds is 10. The first-order valence-corrected chi connectivity index (χ1v) is 11.9. The van der Waals surface area contributed by atoms with Crippen LogP contribution in [0.15, 0.2) is 12.2 Å². The van der Waals surface area contributed by atoms with Crippen LogP contribution in [0.25, 0.3) is 0 Å². The van der Waals surface area contributed by atoms with Crippen molar-refractivity contribution in [2.75, 3.05) is 20.8 Å². The van der Waals surface area contributed by atoms with Gasteiger partial charge in [0.2, 0.25) is 0 Å². The first-order valence-electron chi connectivity index (χ1n) is 11.9. The molecule has 8 heteroatoms. The first-order chi connectivity index (χ1) is 15.3. The maximum absolute atomic E-state index is 13.1. The van der Waals surface area contributed by atoms with E-state index in [9.17, 15) is 20.1 Å². The molecule has 33 heavy (non-hydrogen) atoms. The predicted octanol–water partition coefficient (Wildman–Crippen LogP) is 2.02. The van der Waals surface area contributed by atoms with Crippen molar-refractivity contribution in [2.45, 2.75) is 109 Å². The normalized spacial score (nSPS) is 37.4. The highest BCUT2D eigenvalue weighted by Crippen LogP contribution is 2.41. The molecule has 3 N–H and O–H groups in total. The van der Waals surface area contributed by atoms with Crippen molar-refractivity contribution in [3.8, 4) is 0 Å². The van der Waals surface area contributed by atoms with Crippen molar-refractivity contribution in [1.29, 1.82) is 0 Å². The smallest absolute Gasteiger partial charge is 0.166 e. The van der Waals surface area contributed by atoms with E-state index in [1.165, 1.54) is 14.2 Å². The lowest BCUT2D eigenvalue weighted by Crippen LogP contribution is -2.56. The Morgan fingerprint density at radius 3 is 2.39 bits per heavy atom. The van der Waals surface area contributed by atoms with Gasteiger partial charge in [0.05, 0.1) is 43.2 Å². The highest BCUT2D eigenvalue weighted by Gasteiger charge is 2.49. The quantitative estimate of drug-likeness (QED) is 0.414. The summed E-state index contributed by atoms with van der Waals surface area (Å²) in [6.07, 6.45) is -3.22. The number of aliphatic hydroxyl groups excluding tert-OH is 3. The largest absolute Gasteiger partial charge is 0.394 e. The number of ether oxygens (including phenoxy) is 4. The summed E-state index contributed by atoms with van der Waals surface area (Å²) in [7, 11) is 3.01. The molecule has 2 heterocycles. The number of Topliss-reactive ketones (excluding diaryl/α,β-unsaturated/α-hetero) is 1. The average molecular weight is 473 g/mol. The van der Waals surface area contributed by atoms with Crippen LogP contribution < -0.4 is 0 Å². The molecule has 2 rings (SSSR count). The molecule has 0 saturated carbocycles. The van der Waals surface area contributed by atoms with E-state index >= 15 is 0 Å². The summed E-state index contributed by atoms with van der Waals surface area (Å²) in [6, 6.07) is 0. The van der Waals surface area contributed by atoms with Gasteiger partial charge in [0.15, 0.2) is 5.78 Å². The third kappa shape index (κ3) is 6.23. The monoisotopic (exact) mass is 472 g/mol. The number of hydrogen-bond donors (Lipinski definition) is 3. The van der Waals surface area contributed by atoms with Gasteiger partial charge in [-0.3, -0.25) is 4.79 Å². The molecule has 0 amide bonds. The average Bonchev–Trinajstić information content (AvgIpc) is 2.76.